The van der Waals surface area contributed by atoms with Crippen LogP contribution in [0.4, 0.5) is 9.52 Å². The van der Waals surface area contributed by atoms with E-state index < -0.39 is 17.7 Å². The van der Waals surface area contributed by atoms with Crippen LogP contribution in [0.5, 0.6) is 5.75 Å². The van der Waals surface area contributed by atoms with Crippen molar-refractivity contribution in [3.8, 4) is 5.75 Å². The maximum Gasteiger partial charge on any atom is 0.302 e. The lowest BCUT2D eigenvalue weighted by molar-refractivity contribution is -0.132. The number of hydrogen-bond acceptors (Lipinski definition) is 9. The van der Waals surface area contributed by atoms with Gasteiger partial charge in [0.2, 0.25) is 5.13 Å². The molecule has 0 bridgehead atoms. The molecule has 1 unspecified atom stereocenters. The molecule has 36 heavy (non-hydrogen) atoms. The van der Waals surface area contributed by atoms with Crippen LogP contribution < -0.4 is 9.64 Å². The molecule has 1 fully saturated rings. The third-order valence-electron chi connectivity index (χ3n) is 5.53. The van der Waals surface area contributed by atoms with Gasteiger partial charge in [-0.25, -0.2) is 4.39 Å². The molecule has 5 rings (SSSR count). The van der Waals surface area contributed by atoms with E-state index in [2.05, 4.69) is 10.2 Å². The van der Waals surface area contributed by atoms with E-state index in [1.807, 2.05) is 0 Å². The SMILES string of the molecule is COc1ccc(/C(O)=C2/C(=O)C(=O)N(c3nnc(SCc4ccccc4F)s3)C2c2ccco2)cc1. The number of methoxy groups -OCH3 is 1. The Hall–Kier alpha value is -3.96. The van der Waals surface area contributed by atoms with E-state index in [1.54, 1.807) is 54.6 Å². The number of ketones is 1. The minimum Gasteiger partial charge on any atom is -0.507 e. The first-order valence-electron chi connectivity index (χ1n) is 10.7. The molecular formula is C25H18FN3O5S2. The van der Waals surface area contributed by atoms with Crippen LogP contribution in [-0.4, -0.2) is 34.1 Å². The highest BCUT2D eigenvalue weighted by molar-refractivity contribution is 8.00. The monoisotopic (exact) mass is 523 g/mol. The molecule has 182 valence electrons. The van der Waals surface area contributed by atoms with Crippen molar-refractivity contribution in [1.29, 1.82) is 0 Å². The first-order chi connectivity index (χ1) is 17.5. The van der Waals surface area contributed by atoms with E-state index in [4.69, 9.17) is 9.15 Å². The second-order valence-electron chi connectivity index (χ2n) is 7.64. The van der Waals surface area contributed by atoms with Crippen LogP contribution in [0, 0.1) is 5.82 Å². The quantitative estimate of drug-likeness (QED) is 0.116. The first kappa shape index (κ1) is 23.8. The summed E-state index contributed by atoms with van der Waals surface area (Å²) in [7, 11) is 1.52. The summed E-state index contributed by atoms with van der Waals surface area (Å²) in [5, 5.41) is 19.4. The molecule has 11 heteroatoms. The topological polar surface area (TPSA) is 106 Å². The van der Waals surface area contributed by atoms with Gasteiger partial charge in [0.1, 0.15) is 29.1 Å². The number of carbonyl (C=O) groups excluding carboxylic acids is 2. The molecule has 0 saturated carbocycles. The van der Waals surface area contributed by atoms with Crippen LogP contribution in [0.25, 0.3) is 5.76 Å². The maximum absolute atomic E-state index is 14.0. The molecule has 0 radical (unpaired) electrons. The van der Waals surface area contributed by atoms with Crippen LogP contribution in [0.2, 0.25) is 0 Å². The van der Waals surface area contributed by atoms with E-state index in [-0.39, 0.29) is 28.0 Å². The summed E-state index contributed by atoms with van der Waals surface area (Å²) < 4.78 is 25.1. The lowest BCUT2D eigenvalue weighted by Crippen LogP contribution is -2.29. The number of aliphatic hydroxyl groups excluding tert-OH is 1. The number of aliphatic hydroxyl groups is 1. The van der Waals surface area contributed by atoms with Gasteiger partial charge in [0.15, 0.2) is 4.34 Å². The number of amides is 1. The van der Waals surface area contributed by atoms with Crippen LogP contribution >= 0.6 is 23.1 Å². The highest BCUT2D eigenvalue weighted by Crippen LogP contribution is 2.44. The number of halogens is 1. The van der Waals surface area contributed by atoms with E-state index in [1.165, 1.54) is 36.1 Å². The highest BCUT2D eigenvalue weighted by atomic mass is 32.2. The number of benzene rings is 2. The number of nitrogens with zero attached hydrogens (tertiary/aromatic N) is 3. The Morgan fingerprint density at radius 2 is 1.92 bits per heavy atom. The number of ether oxygens (including phenoxy) is 1. The summed E-state index contributed by atoms with van der Waals surface area (Å²) in [6.07, 6.45) is 1.42. The molecule has 2 aromatic heterocycles. The number of carbonyl (C=O) groups is 2. The molecule has 1 aliphatic rings. The molecule has 3 heterocycles. The van der Waals surface area contributed by atoms with Crippen molar-refractivity contribution in [2.24, 2.45) is 0 Å². The molecule has 8 nitrogen and oxygen atoms in total. The minimum atomic E-state index is -1.04. The fourth-order valence-corrected chi connectivity index (χ4v) is 5.62. The molecule has 1 N–H and O–H groups in total. The van der Waals surface area contributed by atoms with Gasteiger partial charge in [-0.2, -0.15) is 0 Å². The third kappa shape index (κ3) is 4.38. The zero-order chi connectivity index (χ0) is 25.2. The molecule has 1 saturated heterocycles. The van der Waals surface area contributed by atoms with Crippen molar-refractivity contribution in [2.45, 2.75) is 16.1 Å². The molecule has 1 amide bonds. The number of thioether (sulfide) groups is 1. The first-order valence-corrected chi connectivity index (χ1v) is 12.5. The number of furan rings is 1. The Morgan fingerprint density at radius 1 is 1.14 bits per heavy atom. The predicted molar refractivity (Wildman–Crippen MR) is 132 cm³/mol. The largest absolute Gasteiger partial charge is 0.507 e. The molecular weight excluding hydrogens is 505 g/mol. The average molecular weight is 524 g/mol. The molecule has 1 aliphatic heterocycles. The van der Waals surface area contributed by atoms with E-state index in [9.17, 15) is 19.1 Å². The van der Waals surface area contributed by atoms with Crippen molar-refractivity contribution in [2.75, 3.05) is 12.0 Å². The zero-order valence-electron chi connectivity index (χ0n) is 18.8. The lowest BCUT2D eigenvalue weighted by Gasteiger charge is -2.20. The van der Waals surface area contributed by atoms with Gasteiger partial charge >= 0.3 is 5.91 Å². The number of hydrogen-bond donors (Lipinski definition) is 1. The second kappa shape index (κ2) is 9.96. The van der Waals surface area contributed by atoms with Crippen LogP contribution in [0.15, 0.2) is 81.3 Å². The normalized spacial score (nSPS) is 17.1. The van der Waals surface area contributed by atoms with Crippen molar-refractivity contribution < 1.29 is 28.2 Å². The fraction of sp³-hybridized carbons (Fsp3) is 0.120. The van der Waals surface area contributed by atoms with Crippen molar-refractivity contribution in [3.63, 3.8) is 0 Å². The Balaban J connectivity index is 1.50. The van der Waals surface area contributed by atoms with Gasteiger partial charge in [0, 0.05) is 11.3 Å². The number of anilines is 1. The molecule has 1 atom stereocenters. The Bertz CT molecular complexity index is 1450. The summed E-state index contributed by atoms with van der Waals surface area (Å²) in [6.45, 7) is 0. The van der Waals surface area contributed by atoms with Crippen molar-refractivity contribution >= 4 is 45.7 Å². The number of aromatic nitrogens is 2. The van der Waals surface area contributed by atoms with Crippen molar-refractivity contribution in [1.82, 2.24) is 10.2 Å². The third-order valence-corrected chi connectivity index (χ3v) is 7.64. The smallest absolute Gasteiger partial charge is 0.302 e. The van der Waals surface area contributed by atoms with Gasteiger partial charge in [-0.1, -0.05) is 41.3 Å². The summed E-state index contributed by atoms with van der Waals surface area (Å²) in [4.78, 5) is 27.4. The van der Waals surface area contributed by atoms with E-state index in [0.717, 1.165) is 11.3 Å². The van der Waals surface area contributed by atoms with Crippen LogP contribution in [0.1, 0.15) is 22.9 Å². The predicted octanol–water partition coefficient (Wildman–Crippen LogP) is 5.20. The van der Waals surface area contributed by atoms with Gasteiger partial charge < -0.3 is 14.3 Å². The highest BCUT2D eigenvalue weighted by Gasteiger charge is 2.49. The van der Waals surface area contributed by atoms with E-state index >= 15 is 0 Å². The molecule has 0 spiro atoms. The molecule has 4 aromatic rings. The second-order valence-corrected chi connectivity index (χ2v) is 9.82. The van der Waals surface area contributed by atoms with Crippen LogP contribution in [-0.2, 0) is 15.3 Å². The Morgan fingerprint density at radius 3 is 2.61 bits per heavy atom. The van der Waals surface area contributed by atoms with Gasteiger partial charge in [0.25, 0.3) is 5.78 Å². The van der Waals surface area contributed by atoms with Gasteiger partial charge in [0.05, 0.1) is 18.9 Å². The summed E-state index contributed by atoms with van der Waals surface area (Å²) >= 11 is 2.35. The van der Waals surface area contributed by atoms with E-state index in [0.29, 0.717) is 27.0 Å². The fourth-order valence-electron chi connectivity index (χ4n) is 3.76. The Labute approximate surface area is 213 Å². The lowest BCUT2D eigenvalue weighted by atomic mass is 9.99. The average Bonchev–Trinajstić information content (AvgIpc) is 3.64. The standard InChI is InChI=1S/C25H18FN3O5S2/c1-33-16-10-8-14(9-11-16)21(30)19-20(18-7-4-12-34-18)29(23(32)22(19)31)24-27-28-25(36-24)35-13-15-5-2-3-6-17(15)26/h2-12,20,30H,13H2,1H3/b21-19-. The summed E-state index contributed by atoms with van der Waals surface area (Å²) in [5.41, 5.74) is 0.717. The van der Waals surface area contributed by atoms with Gasteiger partial charge in [-0.05, 0) is 48.0 Å². The summed E-state index contributed by atoms with van der Waals surface area (Å²) in [6, 6.07) is 15.1. The molecule has 2 aromatic carbocycles. The van der Waals surface area contributed by atoms with Crippen LogP contribution in [0.3, 0.4) is 0 Å². The van der Waals surface area contributed by atoms with Gasteiger partial charge in [-0.15, -0.1) is 10.2 Å². The maximum atomic E-state index is 14.0. The number of rotatable bonds is 7. The van der Waals surface area contributed by atoms with Gasteiger partial charge in [-0.3, -0.25) is 14.5 Å². The zero-order valence-corrected chi connectivity index (χ0v) is 20.4. The minimum absolute atomic E-state index is 0.129. The Kier molecular flexibility index (Phi) is 6.57. The van der Waals surface area contributed by atoms with Crippen molar-refractivity contribution in [3.05, 3.63) is 95.2 Å². The summed E-state index contributed by atoms with van der Waals surface area (Å²) in [5.74, 6) is -1.24. The number of Topliss-reactive ketones (excluding diaryl/α,β-unsaturated/α-hetero) is 1. The molecule has 0 aliphatic carbocycles.